The molecular formula is C19H30FN3O. The van der Waals surface area contributed by atoms with E-state index in [2.05, 4.69) is 36.4 Å². The first kappa shape index (κ1) is 18.7. The number of guanidine groups is 1. The molecule has 2 unspecified atom stereocenters. The zero-order chi connectivity index (χ0) is 17.6. The largest absolute Gasteiger partial charge is 0.377 e. The van der Waals surface area contributed by atoms with E-state index in [0.717, 1.165) is 37.5 Å². The van der Waals surface area contributed by atoms with Crippen LogP contribution < -0.4 is 10.6 Å². The molecule has 2 rings (SSSR count). The number of aliphatic imine (C=N–C) groups is 1. The van der Waals surface area contributed by atoms with E-state index in [-0.39, 0.29) is 17.3 Å². The van der Waals surface area contributed by atoms with E-state index in [1.54, 1.807) is 13.1 Å². The number of ether oxygens (including phenoxy) is 1. The number of halogens is 1. The maximum atomic E-state index is 13.2. The van der Waals surface area contributed by atoms with E-state index in [1.807, 2.05) is 6.07 Å². The first-order chi connectivity index (χ1) is 11.4. The van der Waals surface area contributed by atoms with E-state index in [1.165, 1.54) is 12.1 Å². The van der Waals surface area contributed by atoms with Crippen LogP contribution in [0.2, 0.25) is 0 Å². The van der Waals surface area contributed by atoms with Gasteiger partial charge in [-0.15, -0.1) is 0 Å². The Morgan fingerprint density at radius 1 is 1.33 bits per heavy atom. The van der Waals surface area contributed by atoms with Gasteiger partial charge >= 0.3 is 0 Å². The second-order valence-corrected chi connectivity index (χ2v) is 7.50. The predicted molar refractivity (Wildman–Crippen MR) is 96.5 cm³/mol. The minimum absolute atomic E-state index is 0.130. The van der Waals surface area contributed by atoms with Gasteiger partial charge in [0, 0.05) is 32.7 Å². The minimum atomic E-state index is -0.218. The molecule has 0 bridgehead atoms. The highest BCUT2D eigenvalue weighted by molar-refractivity contribution is 5.79. The first-order valence-electron chi connectivity index (χ1n) is 8.70. The SMILES string of the molecule is CN=C(NCc1cccc(F)c1)NCC1CCCOC1C(C)(C)C. The average molecular weight is 335 g/mol. The monoisotopic (exact) mass is 335 g/mol. The van der Waals surface area contributed by atoms with Crippen molar-refractivity contribution in [1.29, 1.82) is 0 Å². The molecule has 5 heteroatoms. The Hall–Kier alpha value is -1.62. The Morgan fingerprint density at radius 3 is 2.79 bits per heavy atom. The number of hydrogen-bond acceptors (Lipinski definition) is 2. The van der Waals surface area contributed by atoms with Gasteiger partial charge in [-0.05, 0) is 36.0 Å². The van der Waals surface area contributed by atoms with Crippen molar-refractivity contribution < 1.29 is 9.13 Å². The standard InChI is InChI=1S/C19H30FN3O/c1-19(2,3)17-15(8-6-10-24-17)13-23-18(21-4)22-12-14-7-5-9-16(20)11-14/h5,7,9,11,15,17H,6,8,10,12-13H2,1-4H3,(H2,21,22,23). The lowest BCUT2D eigenvalue weighted by molar-refractivity contribution is -0.0835. The van der Waals surface area contributed by atoms with Crippen LogP contribution >= 0.6 is 0 Å². The van der Waals surface area contributed by atoms with Crippen molar-refractivity contribution in [2.24, 2.45) is 16.3 Å². The number of nitrogens with one attached hydrogen (secondary N) is 2. The molecular weight excluding hydrogens is 305 g/mol. The molecule has 0 spiro atoms. The summed E-state index contributed by atoms with van der Waals surface area (Å²) in [7, 11) is 1.75. The van der Waals surface area contributed by atoms with Crippen LogP contribution in [0.1, 0.15) is 39.2 Å². The zero-order valence-corrected chi connectivity index (χ0v) is 15.2. The van der Waals surface area contributed by atoms with Gasteiger partial charge in [-0.2, -0.15) is 0 Å². The Balaban J connectivity index is 1.86. The van der Waals surface area contributed by atoms with E-state index < -0.39 is 0 Å². The van der Waals surface area contributed by atoms with Gasteiger partial charge in [0.1, 0.15) is 5.82 Å². The lowest BCUT2D eigenvalue weighted by Crippen LogP contribution is -2.47. The summed E-state index contributed by atoms with van der Waals surface area (Å²) in [6, 6.07) is 6.60. The summed E-state index contributed by atoms with van der Waals surface area (Å²) in [5.41, 5.74) is 1.03. The molecule has 0 amide bonds. The quantitative estimate of drug-likeness (QED) is 0.655. The summed E-state index contributed by atoms with van der Waals surface area (Å²) in [6.07, 6.45) is 2.52. The highest BCUT2D eigenvalue weighted by Crippen LogP contribution is 2.33. The smallest absolute Gasteiger partial charge is 0.191 e. The normalized spacial score (nSPS) is 22.3. The highest BCUT2D eigenvalue weighted by Gasteiger charge is 2.35. The third kappa shape index (κ3) is 5.48. The summed E-state index contributed by atoms with van der Waals surface area (Å²) >= 11 is 0. The van der Waals surface area contributed by atoms with Crippen LogP contribution in [0.25, 0.3) is 0 Å². The van der Waals surface area contributed by atoms with Gasteiger partial charge in [-0.25, -0.2) is 4.39 Å². The molecule has 0 aromatic heterocycles. The van der Waals surface area contributed by atoms with Crippen molar-refractivity contribution in [2.45, 2.75) is 46.3 Å². The maximum Gasteiger partial charge on any atom is 0.191 e. The van der Waals surface area contributed by atoms with Gasteiger partial charge in [0.2, 0.25) is 0 Å². The molecule has 1 aliphatic heterocycles. The fraction of sp³-hybridized carbons (Fsp3) is 0.632. The molecule has 0 radical (unpaired) electrons. The Kier molecular flexibility index (Phi) is 6.60. The average Bonchev–Trinajstić information content (AvgIpc) is 2.54. The molecule has 1 aliphatic rings. The molecule has 0 saturated carbocycles. The lowest BCUT2D eigenvalue weighted by atomic mass is 9.78. The Bertz CT molecular complexity index is 554. The van der Waals surface area contributed by atoms with Crippen LogP contribution in [0.15, 0.2) is 29.3 Å². The predicted octanol–water partition coefficient (Wildman–Crippen LogP) is 3.33. The molecule has 1 aromatic rings. The van der Waals surface area contributed by atoms with Crippen molar-refractivity contribution in [3.8, 4) is 0 Å². The minimum Gasteiger partial charge on any atom is -0.377 e. The van der Waals surface area contributed by atoms with Crippen molar-refractivity contribution in [3.63, 3.8) is 0 Å². The molecule has 1 heterocycles. The number of hydrogen-bond donors (Lipinski definition) is 2. The molecule has 0 aliphatic carbocycles. The van der Waals surface area contributed by atoms with Crippen molar-refractivity contribution in [2.75, 3.05) is 20.2 Å². The molecule has 1 saturated heterocycles. The van der Waals surface area contributed by atoms with Crippen molar-refractivity contribution >= 4 is 5.96 Å². The third-order valence-corrected chi connectivity index (χ3v) is 4.40. The van der Waals surface area contributed by atoms with Crippen LogP contribution in [0.5, 0.6) is 0 Å². The topological polar surface area (TPSA) is 45.7 Å². The molecule has 134 valence electrons. The van der Waals surface area contributed by atoms with Crippen molar-refractivity contribution in [3.05, 3.63) is 35.6 Å². The van der Waals surface area contributed by atoms with Gasteiger partial charge in [-0.1, -0.05) is 32.9 Å². The fourth-order valence-electron chi connectivity index (χ4n) is 3.29. The number of rotatable bonds is 4. The van der Waals surface area contributed by atoms with Crippen LogP contribution in [0, 0.1) is 17.2 Å². The molecule has 4 nitrogen and oxygen atoms in total. The molecule has 24 heavy (non-hydrogen) atoms. The van der Waals surface area contributed by atoms with Crippen LogP contribution in [-0.4, -0.2) is 32.3 Å². The third-order valence-electron chi connectivity index (χ3n) is 4.40. The van der Waals surface area contributed by atoms with Crippen LogP contribution in [0.3, 0.4) is 0 Å². The van der Waals surface area contributed by atoms with Gasteiger partial charge in [-0.3, -0.25) is 4.99 Å². The van der Waals surface area contributed by atoms with Gasteiger partial charge in [0.05, 0.1) is 6.10 Å². The van der Waals surface area contributed by atoms with E-state index in [4.69, 9.17) is 4.74 Å². The maximum absolute atomic E-state index is 13.2. The second kappa shape index (κ2) is 8.47. The van der Waals surface area contributed by atoms with Gasteiger partial charge < -0.3 is 15.4 Å². The molecule has 2 N–H and O–H groups in total. The summed E-state index contributed by atoms with van der Waals surface area (Å²) in [5, 5.41) is 6.63. The summed E-state index contributed by atoms with van der Waals surface area (Å²) < 4.78 is 19.3. The number of benzene rings is 1. The van der Waals surface area contributed by atoms with E-state index >= 15 is 0 Å². The number of nitrogens with zero attached hydrogens (tertiary/aromatic N) is 1. The van der Waals surface area contributed by atoms with Gasteiger partial charge in [0.15, 0.2) is 5.96 Å². The summed E-state index contributed by atoms with van der Waals surface area (Å²) in [6.45, 7) is 8.91. The highest BCUT2D eigenvalue weighted by atomic mass is 19.1. The first-order valence-corrected chi connectivity index (χ1v) is 8.70. The van der Waals surface area contributed by atoms with Gasteiger partial charge in [0.25, 0.3) is 0 Å². The lowest BCUT2D eigenvalue weighted by Gasteiger charge is -2.40. The molecule has 1 aromatic carbocycles. The van der Waals surface area contributed by atoms with Crippen LogP contribution in [-0.2, 0) is 11.3 Å². The Labute approximate surface area is 144 Å². The van der Waals surface area contributed by atoms with E-state index in [9.17, 15) is 4.39 Å². The van der Waals surface area contributed by atoms with E-state index in [0.29, 0.717) is 12.5 Å². The molecule has 1 fully saturated rings. The summed E-state index contributed by atoms with van der Waals surface area (Å²) in [4.78, 5) is 4.26. The second-order valence-electron chi connectivity index (χ2n) is 7.50. The summed E-state index contributed by atoms with van der Waals surface area (Å²) in [5.74, 6) is 0.980. The van der Waals surface area contributed by atoms with Crippen LogP contribution in [0.4, 0.5) is 4.39 Å². The Morgan fingerprint density at radius 2 is 2.12 bits per heavy atom. The molecule has 2 atom stereocenters. The fourth-order valence-corrected chi connectivity index (χ4v) is 3.29. The van der Waals surface area contributed by atoms with Crippen molar-refractivity contribution in [1.82, 2.24) is 10.6 Å². The zero-order valence-electron chi connectivity index (χ0n) is 15.2.